The summed E-state index contributed by atoms with van der Waals surface area (Å²) in [4.78, 5) is 0. The van der Waals surface area contributed by atoms with E-state index >= 15 is 0 Å². The van der Waals surface area contributed by atoms with E-state index in [4.69, 9.17) is 21.4 Å². The molecule has 1 fully saturated rings. The van der Waals surface area contributed by atoms with Crippen LogP contribution in [-0.2, 0) is 17.8 Å². The van der Waals surface area contributed by atoms with E-state index in [0.717, 1.165) is 41.5 Å². The molecule has 0 spiro atoms. The molecule has 1 aliphatic rings. The van der Waals surface area contributed by atoms with Gasteiger partial charge in [-0.05, 0) is 38.0 Å². The van der Waals surface area contributed by atoms with Crippen molar-refractivity contribution in [2.45, 2.75) is 45.5 Å². The summed E-state index contributed by atoms with van der Waals surface area (Å²) in [5.41, 5.74) is 4.47. The highest BCUT2D eigenvalue weighted by Crippen LogP contribution is 2.30. The zero-order chi connectivity index (χ0) is 17.1. The van der Waals surface area contributed by atoms with Crippen molar-refractivity contribution in [3.8, 4) is 0 Å². The predicted octanol–water partition coefficient (Wildman–Crippen LogP) is 2.77. The molecule has 0 radical (unpaired) electrons. The van der Waals surface area contributed by atoms with Gasteiger partial charge < -0.3 is 15.2 Å². The average Bonchev–Trinajstić information content (AvgIpc) is 3.13. The maximum absolute atomic E-state index is 9.12. The molecule has 1 aromatic carbocycles. The van der Waals surface area contributed by atoms with E-state index < -0.39 is 0 Å². The van der Waals surface area contributed by atoms with Crippen molar-refractivity contribution in [2.75, 3.05) is 13.2 Å². The van der Waals surface area contributed by atoms with E-state index in [1.807, 2.05) is 35.9 Å². The number of aliphatic hydroxyl groups excluding tert-OH is 1. The molecule has 2 atom stereocenters. The van der Waals surface area contributed by atoms with Gasteiger partial charge in [-0.25, -0.2) is 0 Å². The summed E-state index contributed by atoms with van der Waals surface area (Å²) in [6, 6.07) is 8.14. The molecule has 1 saturated heterocycles. The summed E-state index contributed by atoms with van der Waals surface area (Å²) in [5, 5.41) is 18.0. The number of aliphatic hydroxyl groups is 1. The number of hydrogen-bond donors (Lipinski definition) is 2. The quantitative estimate of drug-likeness (QED) is 0.842. The Bertz CT molecular complexity index is 684. The fourth-order valence-corrected chi connectivity index (χ4v) is 3.44. The monoisotopic (exact) mass is 349 g/mol. The van der Waals surface area contributed by atoms with E-state index in [0.29, 0.717) is 6.54 Å². The minimum atomic E-state index is 0.0513. The third-order valence-electron chi connectivity index (χ3n) is 4.67. The molecule has 2 heterocycles. The zero-order valence-corrected chi connectivity index (χ0v) is 14.9. The molecule has 0 bridgehead atoms. The second-order valence-corrected chi connectivity index (χ2v) is 6.65. The summed E-state index contributed by atoms with van der Waals surface area (Å²) in [6.45, 7) is 6.21. The fourth-order valence-electron chi connectivity index (χ4n) is 3.32. The van der Waals surface area contributed by atoms with Crippen LogP contribution in [0.15, 0.2) is 24.3 Å². The Hall–Kier alpha value is -1.40. The Morgan fingerprint density at radius 3 is 2.79 bits per heavy atom. The van der Waals surface area contributed by atoms with Crippen molar-refractivity contribution in [1.29, 1.82) is 0 Å². The van der Waals surface area contributed by atoms with Gasteiger partial charge in [-0.3, -0.25) is 4.68 Å². The molecular weight excluding hydrogens is 326 g/mol. The predicted molar refractivity (Wildman–Crippen MR) is 94.2 cm³/mol. The van der Waals surface area contributed by atoms with E-state index in [9.17, 15) is 0 Å². The van der Waals surface area contributed by atoms with Crippen molar-refractivity contribution in [1.82, 2.24) is 15.1 Å². The number of benzene rings is 1. The molecule has 24 heavy (non-hydrogen) atoms. The van der Waals surface area contributed by atoms with Gasteiger partial charge in [0.1, 0.15) is 0 Å². The zero-order valence-electron chi connectivity index (χ0n) is 14.1. The molecular formula is C18H24ClN3O2. The van der Waals surface area contributed by atoms with Gasteiger partial charge in [-0.1, -0.05) is 23.7 Å². The van der Waals surface area contributed by atoms with Crippen LogP contribution in [0.1, 0.15) is 35.0 Å². The molecule has 2 aromatic rings. The number of aryl methyl sites for hydroxylation is 1. The third-order valence-corrected chi connectivity index (χ3v) is 4.93. The van der Waals surface area contributed by atoms with E-state index in [1.54, 1.807) is 0 Å². The maximum Gasteiger partial charge on any atom is 0.0978 e. The molecule has 0 amide bonds. The second-order valence-electron chi connectivity index (χ2n) is 6.22. The van der Waals surface area contributed by atoms with Gasteiger partial charge in [0.15, 0.2) is 0 Å². The van der Waals surface area contributed by atoms with Gasteiger partial charge in [0, 0.05) is 35.5 Å². The van der Waals surface area contributed by atoms with Gasteiger partial charge >= 0.3 is 0 Å². The SMILES string of the molecule is Cc1nn(CCO)c(C)c1CNC1CCOC1c1ccc(Cl)cc1. The van der Waals surface area contributed by atoms with Gasteiger partial charge in [0.05, 0.1) is 24.9 Å². The van der Waals surface area contributed by atoms with Crippen LogP contribution in [0, 0.1) is 13.8 Å². The summed E-state index contributed by atoms with van der Waals surface area (Å²) in [6.07, 6.45) is 1.03. The first kappa shape index (κ1) is 17.4. The standard InChI is InChI=1S/C18H24ClN3O2/c1-12-16(13(2)22(21-12)8-9-23)11-20-17-7-10-24-18(17)14-3-5-15(19)6-4-14/h3-6,17-18,20,23H,7-11H2,1-2H3. The fraction of sp³-hybridized carbons (Fsp3) is 0.500. The van der Waals surface area contributed by atoms with Gasteiger partial charge in [0.25, 0.3) is 0 Å². The molecule has 3 rings (SSSR count). The number of rotatable bonds is 6. The summed E-state index contributed by atoms with van der Waals surface area (Å²) >= 11 is 5.98. The Kier molecular flexibility index (Phi) is 5.56. The molecule has 130 valence electrons. The molecule has 0 saturated carbocycles. The average molecular weight is 350 g/mol. The Balaban J connectivity index is 1.68. The topological polar surface area (TPSA) is 59.3 Å². The number of aromatic nitrogens is 2. The maximum atomic E-state index is 9.12. The Morgan fingerprint density at radius 1 is 1.33 bits per heavy atom. The van der Waals surface area contributed by atoms with Crippen LogP contribution in [0.25, 0.3) is 0 Å². The highest BCUT2D eigenvalue weighted by molar-refractivity contribution is 6.30. The van der Waals surface area contributed by atoms with Crippen LogP contribution in [0.4, 0.5) is 0 Å². The molecule has 1 aliphatic heterocycles. The first-order chi connectivity index (χ1) is 11.6. The van der Waals surface area contributed by atoms with Crippen LogP contribution in [0.5, 0.6) is 0 Å². The minimum absolute atomic E-state index is 0.0513. The normalized spacial score (nSPS) is 20.7. The summed E-state index contributed by atoms with van der Waals surface area (Å²) in [5.74, 6) is 0. The molecule has 1 aromatic heterocycles. The molecule has 2 N–H and O–H groups in total. The highest BCUT2D eigenvalue weighted by atomic mass is 35.5. The lowest BCUT2D eigenvalue weighted by atomic mass is 10.0. The van der Waals surface area contributed by atoms with Crippen LogP contribution >= 0.6 is 11.6 Å². The first-order valence-electron chi connectivity index (χ1n) is 8.34. The second kappa shape index (κ2) is 7.66. The number of nitrogens with one attached hydrogen (secondary N) is 1. The van der Waals surface area contributed by atoms with Crippen LogP contribution < -0.4 is 5.32 Å². The Labute approximate surface area is 147 Å². The lowest BCUT2D eigenvalue weighted by Gasteiger charge is -2.20. The Morgan fingerprint density at radius 2 is 2.08 bits per heavy atom. The van der Waals surface area contributed by atoms with Crippen molar-refractivity contribution < 1.29 is 9.84 Å². The van der Waals surface area contributed by atoms with E-state index in [1.165, 1.54) is 5.56 Å². The third kappa shape index (κ3) is 3.64. The van der Waals surface area contributed by atoms with Crippen molar-refractivity contribution >= 4 is 11.6 Å². The van der Waals surface area contributed by atoms with Gasteiger partial charge in [0.2, 0.25) is 0 Å². The van der Waals surface area contributed by atoms with Crippen molar-refractivity contribution in [3.63, 3.8) is 0 Å². The smallest absolute Gasteiger partial charge is 0.0978 e. The van der Waals surface area contributed by atoms with Crippen LogP contribution in [0.2, 0.25) is 5.02 Å². The summed E-state index contributed by atoms with van der Waals surface area (Å²) in [7, 11) is 0. The largest absolute Gasteiger partial charge is 0.394 e. The molecule has 6 heteroatoms. The van der Waals surface area contributed by atoms with Gasteiger partial charge in [-0.2, -0.15) is 5.10 Å². The first-order valence-corrected chi connectivity index (χ1v) is 8.72. The summed E-state index contributed by atoms with van der Waals surface area (Å²) < 4.78 is 7.79. The molecule has 5 nitrogen and oxygen atoms in total. The van der Waals surface area contributed by atoms with Crippen LogP contribution in [0.3, 0.4) is 0 Å². The number of ether oxygens (including phenoxy) is 1. The van der Waals surface area contributed by atoms with Crippen LogP contribution in [-0.4, -0.2) is 34.1 Å². The number of nitrogens with zero attached hydrogens (tertiary/aromatic N) is 2. The molecule has 2 unspecified atom stereocenters. The molecule has 0 aliphatic carbocycles. The van der Waals surface area contributed by atoms with E-state index in [2.05, 4.69) is 17.3 Å². The number of halogens is 1. The highest BCUT2D eigenvalue weighted by Gasteiger charge is 2.29. The van der Waals surface area contributed by atoms with Crippen molar-refractivity contribution in [2.24, 2.45) is 0 Å². The van der Waals surface area contributed by atoms with E-state index in [-0.39, 0.29) is 18.8 Å². The van der Waals surface area contributed by atoms with Gasteiger partial charge in [-0.15, -0.1) is 0 Å². The van der Waals surface area contributed by atoms with Crippen molar-refractivity contribution in [3.05, 3.63) is 51.8 Å². The lowest BCUT2D eigenvalue weighted by molar-refractivity contribution is 0.0984. The minimum Gasteiger partial charge on any atom is -0.394 e. The lowest BCUT2D eigenvalue weighted by Crippen LogP contribution is -2.31. The number of hydrogen-bond acceptors (Lipinski definition) is 4.